The summed E-state index contributed by atoms with van der Waals surface area (Å²) in [6.07, 6.45) is -2.71. The Balaban J connectivity index is 2.04. The third-order valence-corrected chi connectivity index (χ3v) is 3.33. The number of aryl methyl sites for hydroxylation is 1. The number of ether oxygens (including phenoxy) is 1. The van der Waals surface area contributed by atoms with Gasteiger partial charge >= 0.3 is 6.18 Å². The Morgan fingerprint density at radius 2 is 1.77 bits per heavy atom. The summed E-state index contributed by atoms with van der Waals surface area (Å²) in [6, 6.07) is 12.0. The summed E-state index contributed by atoms with van der Waals surface area (Å²) in [6.45, 7) is 1.91. The SMILES string of the molecule is Cc1ccnc2cccc(Oc3cccc(C(F)(F)F)c3)c12. The highest BCUT2D eigenvalue weighted by atomic mass is 19.4. The monoisotopic (exact) mass is 303 g/mol. The van der Waals surface area contributed by atoms with E-state index in [2.05, 4.69) is 4.98 Å². The molecule has 0 amide bonds. The van der Waals surface area contributed by atoms with Crippen molar-refractivity contribution in [3.05, 3.63) is 65.9 Å². The molecule has 0 fully saturated rings. The van der Waals surface area contributed by atoms with Crippen molar-refractivity contribution in [3.63, 3.8) is 0 Å². The number of alkyl halides is 3. The first kappa shape index (κ1) is 14.4. The summed E-state index contributed by atoms with van der Waals surface area (Å²) in [5, 5.41) is 0.794. The predicted octanol–water partition coefficient (Wildman–Crippen LogP) is 5.35. The molecule has 0 unspecified atom stereocenters. The van der Waals surface area contributed by atoms with E-state index in [4.69, 9.17) is 4.74 Å². The number of fused-ring (bicyclic) bond motifs is 1. The van der Waals surface area contributed by atoms with Gasteiger partial charge in [0.25, 0.3) is 0 Å². The number of nitrogens with zero attached hydrogens (tertiary/aromatic N) is 1. The van der Waals surface area contributed by atoms with Crippen molar-refractivity contribution in [1.82, 2.24) is 4.98 Å². The summed E-state index contributed by atoms with van der Waals surface area (Å²) in [5.41, 5.74) is 0.956. The number of rotatable bonds is 2. The molecule has 2 nitrogen and oxygen atoms in total. The second-order valence-electron chi connectivity index (χ2n) is 4.91. The minimum Gasteiger partial charge on any atom is -0.457 e. The zero-order valence-electron chi connectivity index (χ0n) is 11.7. The Morgan fingerprint density at radius 1 is 1.00 bits per heavy atom. The topological polar surface area (TPSA) is 22.1 Å². The molecular weight excluding hydrogens is 291 g/mol. The summed E-state index contributed by atoms with van der Waals surface area (Å²) in [5.74, 6) is 0.632. The Kier molecular flexibility index (Phi) is 3.48. The van der Waals surface area contributed by atoms with Crippen LogP contribution in [0, 0.1) is 6.92 Å². The molecule has 1 aromatic heterocycles. The number of hydrogen-bond acceptors (Lipinski definition) is 2. The van der Waals surface area contributed by atoms with Crippen LogP contribution in [0.4, 0.5) is 13.2 Å². The van der Waals surface area contributed by atoms with Gasteiger partial charge < -0.3 is 4.74 Å². The van der Waals surface area contributed by atoms with Crippen LogP contribution in [-0.2, 0) is 6.18 Å². The molecule has 0 bridgehead atoms. The predicted molar refractivity (Wildman–Crippen MR) is 78.0 cm³/mol. The average Bonchev–Trinajstić information content (AvgIpc) is 2.47. The van der Waals surface area contributed by atoms with E-state index in [1.54, 1.807) is 18.3 Å². The Labute approximate surface area is 125 Å². The van der Waals surface area contributed by atoms with Crippen LogP contribution in [0.3, 0.4) is 0 Å². The van der Waals surface area contributed by atoms with Crippen LogP contribution in [0.1, 0.15) is 11.1 Å². The third kappa shape index (κ3) is 2.74. The molecule has 0 radical (unpaired) electrons. The van der Waals surface area contributed by atoms with Crippen molar-refractivity contribution in [1.29, 1.82) is 0 Å². The lowest BCUT2D eigenvalue weighted by Gasteiger charge is -2.12. The van der Waals surface area contributed by atoms with Crippen molar-refractivity contribution < 1.29 is 17.9 Å². The lowest BCUT2D eigenvalue weighted by Crippen LogP contribution is -2.04. The van der Waals surface area contributed by atoms with E-state index in [0.29, 0.717) is 5.75 Å². The van der Waals surface area contributed by atoms with E-state index in [-0.39, 0.29) is 5.75 Å². The van der Waals surface area contributed by atoms with Crippen LogP contribution in [0.15, 0.2) is 54.7 Å². The zero-order valence-corrected chi connectivity index (χ0v) is 11.7. The summed E-state index contributed by atoms with van der Waals surface area (Å²) in [7, 11) is 0. The second-order valence-corrected chi connectivity index (χ2v) is 4.91. The molecule has 0 spiro atoms. The van der Waals surface area contributed by atoms with Crippen LogP contribution in [0.5, 0.6) is 11.5 Å². The molecule has 0 aliphatic rings. The van der Waals surface area contributed by atoms with Crippen LogP contribution < -0.4 is 4.74 Å². The normalized spacial score (nSPS) is 11.6. The molecule has 112 valence electrons. The number of pyridine rings is 1. The van der Waals surface area contributed by atoms with Crippen molar-refractivity contribution in [2.75, 3.05) is 0 Å². The molecule has 0 aliphatic carbocycles. The lowest BCUT2D eigenvalue weighted by atomic mass is 10.1. The summed E-state index contributed by atoms with van der Waals surface area (Å²) >= 11 is 0. The van der Waals surface area contributed by atoms with Crippen molar-refractivity contribution in [2.45, 2.75) is 13.1 Å². The fourth-order valence-electron chi connectivity index (χ4n) is 2.28. The molecule has 3 rings (SSSR count). The smallest absolute Gasteiger partial charge is 0.416 e. The van der Waals surface area contributed by atoms with Crippen LogP contribution in [0.2, 0.25) is 0 Å². The van der Waals surface area contributed by atoms with Crippen molar-refractivity contribution in [2.24, 2.45) is 0 Å². The molecule has 0 saturated carbocycles. The summed E-state index contributed by atoms with van der Waals surface area (Å²) < 4.78 is 43.9. The van der Waals surface area contributed by atoms with Gasteiger partial charge in [-0.2, -0.15) is 13.2 Å². The van der Waals surface area contributed by atoms with Crippen LogP contribution in [0.25, 0.3) is 10.9 Å². The van der Waals surface area contributed by atoms with Gasteiger partial charge in [-0.05, 0) is 48.9 Å². The van der Waals surface area contributed by atoms with Crippen molar-refractivity contribution >= 4 is 10.9 Å². The molecule has 0 saturated heterocycles. The Hall–Kier alpha value is -2.56. The molecule has 0 N–H and O–H groups in total. The van der Waals surface area contributed by atoms with Gasteiger partial charge in [0.2, 0.25) is 0 Å². The molecular formula is C17H12F3NO. The highest BCUT2D eigenvalue weighted by Gasteiger charge is 2.30. The van der Waals surface area contributed by atoms with Gasteiger partial charge in [0.15, 0.2) is 0 Å². The van der Waals surface area contributed by atoms with Crippen molar-refractivity contribution in [3.8, 4) is 11.5 Å². The first-order valence-corrected chi connectivity index (χ1v) is 6.64. The van der Waals surface area contributed by atoms with E-state index in [1.165, 1.54) is 12.1 Å². The molecule has 3 aromatic rings. The summed E-state index contributed by atoms with van der Waals surface area (Å²) in [4.78, 5) is 4.24. The van der Waals surface area contributed by atoms with E-state index < -0.39 is 11.7 Å². The largest absolute Gasteiger partial charge is 0.457 e. The fourth-order valence-corrected chi connectivity index (χ4v) is 2.28. The molecule has 0 atom stereocenters. The minimum atomic E-state index is -4.39. The highest BCUT2D eigenvalue weighted by molar-refractivity contribution is 5.88. The van der Waals surface area contributed by atoms with E-state index in [1.807, 2.05) is 19.1 Å². The zero-order chi connectivity index (χ0) is 15.7. The quantitative estimate of drug-likeness (QED) is 0.636. The second kappa shape index (κ2) is 5.33. The van der Waals surface area contributed by atoms with Gasteiger partial charge in [-0.3, -0.25) is 4.98 Å². The van der Waals surface area contributed by atoms with Gasteiger partial charge in [0.05, 0.1) is 11.1 Å². The van der Waals surface area contributed by atoms with Crippen LogP contribution >= 0.6 is 0 Å². The maximum absolute atomic E-state index is 12.8. The van der Waals surface area contributed by atoms with Gasteiger partial charge in [-0.25, -0.2) is 0 Å². The van der Waals surface area contributed by atoms with Gasteiger partial charge in [0, 0.05) is 11.6 Å². The molecule has 2 aromatic carbocycles. The first-order valence-electron chi connectivity index (χ1n) is 6.64. The molecule has 1 heterocycles. The van der Waals surface area contributed by atoms with Gasteiger partial charge in [0.1, 0.15) is 11.5 Å². The van der Waals surface area contributed by atoms with Crippen LogP contribution in [-0.4, -0.2) is 4.98 Å². The van der Waals surface area contributed by atoms with Gasteiger partial charge in [-0.15, -0.1) is 0 Å². The number of halogens is 3. The Bertz CT molecular complexity index is 822. The molecule has 0 aliphatic heterocycles. The number of benzene rings is 2. The lowest BCUT2D eigenvalue weighted by molar-refractivity contribution is -0.137. The maximum Gasteiger partial charge on any atom is 0.416 e. The fraction of sp³-hybridized carbons (Fsp3) is 0.118. The average molecular weight is 303 g/mol. The molecule has 22 heavy (non-hydrogen) atoms. The van der Waals surface area contributed by atoms with E-state index in [9.17, 15) is 13.2 Å². The Morgan fingerprint density at radius 3 is 2.55 bits per heavy atom. The standard InChI is InChI=1S/C17H12F3NO/c1-11-8-9-21-14-6-3-7-15(16(11)14)22-13-5-2-4-12(10-13)17(18,19)20/h2-10H,1H3. The minimum absolute atomic E-state index is 0.144. The van der Waals surface area contributed by atoms with E-state index in [0.717, 1.165) is 28.6 Å². The molecule has 5 heteroatoms. The van der Waals surface area contributed by atoms with E-state index >= 15 is 0 Å². The first-order chi connectivity index (χ1) is 10.4. The number of hydrogen-bond donors (Lipinski definition) is 0. The maximum atomic E-state index is 12.8. The highest BCUT2D eigenvalue weighted by Crippen LogP contribution is 2.35. The number of aromatic nitrogens is 1. The van der Waals surface area contributed by atoms with Gasteiger partial charge in [-0.1, -0.05) is 12.1 Å². The third-order valence-electron chi connectivity index (χ3n) is 3.33.